The van der Waals surface area contributed by atoms with Gasteiger partial charge in [0.05, 0.1) is 10.6 Å². The average molecular weight is 340 g/mol. The molecule has 0 radical (unpaired) electrons. The Kier molecular flexibility index (Phi) is 4.12. The highest BCUT2D eigenvalue weighted by molar-refractivity contribution is 9.10. The number of anilines is 2. The molecule has 2 aromatic rings. The van der Waals surface area contributed by atoms with Crippen LogP contribution in [0.25, 0.3) is 0 Å². The molecule has 0 aromatic heterocycles. The van der Waals surface area contributed by atoms with Crippen LogP contribution in [0.4, 0.5) is 11.4 Å². The molecule has 19 heavy (non-hydrogen) atoms. The first-order chi connectivity index (χ1) is 8.99. The van der Waals surface area contributed by atoms with Crippen molar-refractivity contribution >= 4 is 44.8 Å². The summed E-state index contributed by atoms with van der Waals surface area (Å²) in [6.45, 7) is 1.91. The van der Waals surface area contributed by atoms with E-state index in [0.717, 1.165) is 5.56 Å². The van der Waals surface area contributed by atoms with Gasteiger partial charge in [0.1, 0.15) is 0 Å². The summed E-state index contributed by atoms with van der Waals surface area (Å²) >= 11 is 9.37. The van der Waals surface area contributed by atoms with Crippen LogP contribution in [0.3, 0.4) is 0 Å². The normalized spacial score (nSPS) is 10.3. The summed E-state index contributed by atoms with van der Waals surface area (Å²) in [7, 11) is 0. The zero-order valence-corrected chi connectivity index (χ0v) is 12.5. The van der Waals surface area contributed by atoms with E-state index < -0.39 is 0 Å². The first-order valence-electron chi connectivity index (χ1n) is 5.60. The largest absolute Gasteiger partial charge is 0.398 e. The van der Waals surface area contributed by atoms with E-state index in [1.165, 1.54) is 0 Å². The van der Waals surface area contributed by atoms with Crippen LogP contribution in [-0.2, 0) is 0 Å². The van der Waals surface area contributed by atoms with E-state index in [1.807, 2.05) is 13.0 Å². The molecule has 1 amide bonds. The van der Waals surface area contributed by atoms with Crippen molar-refractivity contribution in [2.45, 2.75) is 6.92 Å². The smallest absolute Gasteiger partial charge is 0.257 e. The van der Waals surface area contributed by atoms with Crippen LogP contribution in [0.5, 0.6) is 0 Å². The third kappa shape index (κ3) is 3.08. The van der Waals surface area contributed by atoms with E-state index in [0.29, 0.717) is 26.4 Å². The maximum absolute atomic E-state index is 12.1. The molecule has 0 fully saturated rings. The van der Waals surface area contributed by atoms with Gasteiger partial charge in [0.15, 0.2) is 0 Å². The molecule has 0 spiro atoms. The van der Waals surface area contributed by atoms with Gasteiger partial charge >= 0.3 is 0 Å². The second-order valence-electron chi connectivity index (χ2n) is 4.13. The van der Waals surface area contributed by atoms with E-state index >= 15 is 0 Å². The first-order valence-corrected chi connectivity index (χ1v) is 6.77. The molecule has 0 atom stereocenters. The van der Waals surface area contributed by atoms with Crippen molar-refractivity contribution in [2.75, 3.05) is 11.1 Å². The lowest BCUT2D eigenvalue weighted by atomic mass is 10.1. The highest BCUT2D eigenvalue weighted by Gasteiger charge is 2.12. The third-order valence-electron chi connectivity index (χ3n) is 2.73. The van der Waals surface area contributed by atoms with Crippen LogP contribution < -0.4 is 11.1 Å². The predicted octanol–water partition coefficient (Wildman–Crippen LogP) is 4.25. The number of carbonyl (C=O) groups excluding carboxylic acids is 1. The average Bonchev–Trinajstić information content (AvgIpc) is 2.37. The molecular weight excluding hydrogens is 328 g/mol. The Morgan fingerprint density at radius 3 is 2.74 bits per heavy atom. The van der Waals surface area contributed by atoms with Crippen LogP contribution in [0, 0.1) is 6.92 Å². The molecule has 0 saturated heterocycles. The highest BCUT2D eigenvalue weighted by atomic mass is 79.9. The number of nitrogens with two attached hydrogens (primary N) is 1. The second-order valence-corrected chi connectivity index (χ2v) is 5.36. The lowest BCUT2D eigenvalue weighted by molar-refractivity contribution is 0.102. The summed E-state index contributed by atoms with van der Waals surface area (Å²) in [6.07, 6.45) is 0. The Hall–Kier alpha value is -1.52. The molecule has 0 aliphatic rings. The maximum atomic E-state index is 12.1. The summed E-state index contributed by atoms with van der Waals surface area (Å²) in [4.78, 5) is 12.1. The van der Waals surface area contributed by atoms with Crippen molar-refractivity contribution in [1.82, 2.24) is 0 Å². The summed E-state index contributed by atoms with van der Waals surface area (Å²) in [5.41, 5.74) is 8.47. The van der Waals surface area contributed by atoms with E-state index in [2.05, 4.69) is 21.2 Å². The molecule has 98 valence electrons. The number of hydrogen-bond acceptors (Lipinski definition) is 2. The van der Waals surface area contributed by atoms with Gasteiger partial charge in [0.25, 0.3) is 5.91 Å². The van der Waals surface area contributed by atoms with Crippen molar-refractivity contribution in [2.24, 2.45) is 0 Å². The number of nitrogen functional groups attached to an aromatic ring is 1. The van der Waals surface area contributed by atoms with Gasteiger partial charge in [-0.2, -0.15) is 0 Å². The maximum Gasteiger partial charge on any atom is 0.257 e. The van der Waals surface area contributed by atoms with Crippen LogP contribution in [0.15, 0.2) is 40.9 Å². The van der Waals surface area contributed by atoms with Crippen LogP contribution in [0.1, 0.15) is 15.9 Å². The van der Waals surface area contributed by atoms with Gasteiger partial charge in [0.2, 0.25) is 0 Å². The van der Waals surface area contributed by atoms with Gasteiger partial charge in [-0.1, -0.05) is 23.7 Å². The zero-order chi connectivity index (χ0) is 14.0. The first kappa shape index (κ1) is 13.9. The van der Waals surface area contributed by atoms with Crippen LogP contribution in [-0.4, -0.2) is 5.91 Å². The highest BCUT2D eigenvalue weighted by Crippen LogP contribution is 2.27. The molecule has 0 bridgehead atoms. The molecule has 0 aliphatic heterocycles. The number of halogens is 2. The summed E-state index contributed by atoms with van der Waals surface area (Å²) < 4.78 is 0.685. The number of carbonyl (C=O) groups is 1. The van der Waals surface area contributed by atoms with Crippen molar-refractivity contribution in [3.63, 3.8) is 0 Å². The standard InChI is InChI=1S/C14H12BrClN2O/c1-8-5-6-9(7-12(8)17)18-14(19)10-3-2-4-11(15)13(10)16/h2-7H,17H2,1H3,(H,18,19). The fourth-order valence-corrected chi connectivity index (χ4v) is 2.17. The van der Waals surface area contributed by atoms with E-state index in [9.17, 15) is 4.79 Å². The number of nitrogens with one attached hydrogen (secondary N) is 1. The Labute approximate surface area is 124 Å². The van der Waals surface area contributed by atoms with Crippen molar-refractivity contribution in [1.29, 1.82) is 0 Å². The fourth-order valence-electron chi connectivity index (χ4n) is 1.60. The van der Waals surface area contributed by atoms with Gasteiger partial charge in [0, 0.05) is 15.8 Å². The number of hydrogen-bond donors (Lipinski definition) is 2. The summed E-state index contributed by atoms with van der Waals surface area (Å²) in [5, 5.41) is 3.16. The molecule has 0 unspecified atom stereocenters. The molecule has 0 aliphatic carbocycles. The Bertz CT molecular complexity index is 643. The topological polar surface area (TPSA) is 55.1 Å². The van der Waals surface area contributed by atoms with E-state index in [4.69, 9.17) is 17.3 Å². The van der Waals surface area contributed by atoms with Crippen molar-refractivity contribution < 1.29 is 4.79 Å². The second kappa shape index (κ2) is 5.63. The lowest BCUT2D eigenvalue weighted by Crippen LogP contribution is -2.12. The van der Waals surface area contributed by atoms with Gasteiger partial charge in [-0.3, -0.25) is 4.79 Å². The number of rotatable bonds is 2. The number of benzene rings is 2. The fraction of sp³-hybridized carbons (Fsp3) is 0.0714. The Morgan fingerprint density at radius 2 is 2.05 bits per heavy atom. The third-order valence-corrected chi connectivity index (χ3v) is 4.03. The van der Waals surface area contributed by atoms with Gasteiger partial charge in [-0.05, 0) is 52.7 Å². The predicted molar refractivity (Wildman–Crippen MR) is 82.7 cm³/mol. The van der Waals surface area contributed by atoms with E-state index in [1.54, 1.807) is 30.3 Å². The molecular formula is C14H12BrClN2O. The monoisotopic (exact) mass is 338 g/mol. The van der Waals surface area contributed by atoms with Gasteiger partial charge in [-0.25, -0.2) is 0 Å². The van der Waals surface area contributed by atoms with Gasteiger partial charge in [-0.15, -0.1) is 0 Å². The number of amides is 1. The molecule has 0 saturated carbocycles. The zero-order valence-electron chi connectivity index (χ0n) is 10.2. The molecule has 2 rings (SSSR count). The molecule has 2 aromatic carbocycles. The molecule has 3 N–H and O–H groups in total. The van der Waals surface area contributed by atoms with Crippen molar-refractivity contribution in [3.05, 3.63) is 57.0 Å². The van der Waals surface area contributed by atoms with E-state index in [-0.39, 0.29) is 5.91 Å². The minimum Gasteiger partial charge on any atom is -0.398 e. The number of aryl methyl sites for hydroxylation is 1. The summed E-state index contributed by atoms with van der Waals surface area (Å²) in [5.74, 6) is -0.269. The Balaban J connectivity index is 2.26. The minimum atomic E-state index is -0.269. The lowest BCUT2D eigenvalue weighted by Gasteiger charge is -2.09. The summed E-state index contributed by atoms with van der Waals surface area (Å²) in [6, 6.07) is 10.6. The molecule has 3 nitrogen and oxygen atoms in total. The van der Waals surface area contributed by atoms with Crippen LogP contribution in [0.2, 0.25) is 5.02 Å². The van der Waals surface area contributed by atoms with Crippen molar-refractivity contribution in [3.8, 4) is 0 Å². The molecule has 0 heterocycles. The van der Waals surface area contributed by atoms with Gasteiger partial charge < -0.3 is 11.1 Å². The van der Waals surface area contributed by atoms with Crippen LogP contribution >= 0.6 is 27.5 Å². The SMILES string of the molecule is Cc1ccc(NC(=O)c2cccc(Br)c2Cl)cc1N. The Morgan fingerprint density at radius 1 is 1.32 bits per heavy atom. The minimum absolute atomic E-state index is 0.269. The molecule has 5 heteroatoms. The quantitative estimate of drug-likeness (QED) is 0.804.